The van der Waals surface area contributed by atoms with Gasteiger partial charge < -0.3 is 14.7 Å². The van der Waals surface area contributed by atoms with E-state index in [1.807, 2.05) is 12.1 Å². The van der Waals surface area contributed by atoms with Crippen LogP contribution in [0.2, 0.25) is 0 Å². The van der Waals surface area contributed by atoms with Crippen LogP contribution in [-0.2, 0) is 4.74 Å². The zero-order valence-electron chi connectivity index (χ0n) is 13.8. The van der Waals surface area contributed by atoms with Gasteiger partial charge in [-0.2, -0.15) is 0 Å². The van der Waals surface area contributed by atoms with Gasteiger partial charge in [-0.1, -0.05) is 13.8 Å². The summed E-state index contributed by atoms with van der Waals surface area (Å²) in [6.07, 6.45) is 2.80. The standard InChI is InChI=1S/C18H28N2O2/c1-18(2)13-17(22-14-18)7-8-19-9-11-20(12-10-19)15-3-5-16(21)6-4-15/h3-6,17,21H,7-14H2,1-2H3. The smallest absolute Gasteiger partial charge is 0.115 e. The average molecular weight is 304 g/mol. The predicted octanol–water partition coefficient (Wildman–Crippen LogP) is 2.72. The zero-order valence-corrected chi connectivity index (χ0v) is 13.8. The molecular formula is C18H28N2O2. The number of phenols is 1. The van der Waals surface area contributed by atoms with E-state index in [0.29, 0.717) is 17.3 Å². The molecule has 0 spiro atoms. The molecule has 2 aliphatic heterocycles. The molecule has 0 amide bonds. The Hall–Kier alpha value is -1.26. The van der Waals surface area contributed by atoms with Gasteiger partial charge in [0.2, 0.25) is 0 Å². The molecule has 1 aromatic rings. The van der Waals surface area contributed by atoms with Crippen molar-refractivity contribution in [1.82, 2.24) is 4.90 Å². The first-order chi connectivity index (χ1) is 10.5. The van der Waals surface area contributed by atoms with Crippen molar-refractivity contribution in [2.45, 2.75) is 32.8 Å². The molecule has 0 saturated carbocycles. The maximum absolute atomic E-state index is 9.37. The molecule has 2 fully saturated rings. The predicted molar refractivity (Wildman–Crippen MR) is 89.5 cm³/mol. The first kappa shape index (κ1) is 15.6. The highest BCUT2D eigenvalue weighted by Gasteiger charge is 2.32. The first-order valence-electron chi connectivity index (χ1n) is 8.40. The lowest BCUT2D eigenvalue weighted by Gasteiger charge is -2.36. The van der Waals surface area contributed by atoms with Gasteiger partial charge in [-0.15, -0.1) is 0 Å². The summed E-state index contributed by atoms with van der Waals surface area (Å²) in [5.41, 5.74) is 1.57. The molecular weight excluding hydrogens is 276 g/mol. The molecule has 0 aliphatic carbocycles. The topological polar surface area (TPSA) is 35.9 Å². The Balaban J connectivity index is 1.41. The fourth-order valence-corrected chi connectivity index (χ4v) is 3.48. The molecule has 2 heterocycles. The van der Waals surface area contributed by atoms with Crippen LogP contribution in [0.5, 0.6) is 5.75 Å². The monoisotopic (exact) mass is 304 g/mol. The molecule has 1 unspecified atom stereocenters. The minimum absolute atomic E-state index is 0.335. The quantitative estimate of drug-likeness (QED) is 0.928. The van der Waals surface area contributed by atoms with E-state index in [1.54, 1.807) is 12.1 Å². The van der Waals surface area contributed by atoms with Crippen molar-refractivity contribution in [2.75, 3.05) is 44.2 Å². The van der Waals surface area contributed by atoms with E-state index < -0.39 is 0 Å². The Labute approximate surface area is 133 Å². The fourth-order valence-electron chi connectivity index (χ4n) is 3.48. The number of ether oxygens (including phenoxy) is 1. The number of hydrogen-bond donors (Lipinski definition) is 1. The molecule has 22 heavy (non-hydrogen) atoms. The molecule has 0 bridgehead atoms. The number of hydrogen-bond acceptors (Lipinski definition) is 4. The number of rotatable bonds is 4. The summed E-state index contributed by atoms with van der Waals surface area (Å²) in [6, 6.07) is 7.53. The Morgan fingerprint density at radius 1 is 1.14 bits per heavy atom. The van der Waals surface area contributed by atoms with Crippen molar-refractivity contribution in [1.29, 1.82) is 0 Å². The summed E-state index contributed by atoms with van der Waals surface area (Å²) in [7, 11) is 0. The number of anilines is 1. The van der Waals surface area contributed by atoms with E-state index in [-0.39, 0.29) is 0 Å². The number of aromatic hydroxyl groups is 1. The SMILES string of the molecule is CC1(C)COC(CCN2CCN(c3ccc(O)cc3)CC2)C1. The molecule has 0 radical (unpaired) electrons. The van der Waals surface area contributed by atoms with Crippen molar-refractivity contribution in [3.63, 3.8) is 0 Å². The number of benzene rings is 1. The van der Waals surface area contributed by atoms with Crippen LogP contribution >= 0.6 is 0 Å². The summed E-state index contributed by atoms with van der Waals surface area (Å²) in [6.45, 7) is 11.0. The van der Waals surface area contributed by atoms with E-state index in [2.05, 4.69) is 23.6 Å². The third kappa shape index (κ3) is 3.93. The molecule has 2 saturated heterocycles. The van der Waals surface area contributed by atoms with E-state index in [4.69, 9.17) is 4.74 Å². The van der Waals surface area contributed by atoms with Crippen LogP contribution in [0.3, 0.4) is 0 Å². The van der Waals surface area contributed by atoms with Crippen LogP contribution < -0.4 is 4.90 Å². The number of nitrogens with zero attached hydrogens (tertiary/aromatic N) is 2. The van der Waals surface area contributed by atoms with Gasteiger partial charge in [0.05, 0.1) is 12.7 Å². The third-order valence-corrected chi connectivity index (χ3v) is 4.84. The second-order valence-electron chi connectivity index (χ2n) is 7.44. The molecule has 3 rings (SSSR count). The number of phenolic OH excluding ortho intramolecular Hbond substituents is 1. The second kappa shape index (κ2) is 6.47. The van der Waals surface area contributed by atoms with Crippen LogP contribution in [0.25, 0.3) is 0 Å². The third-order valence-electron chi connectivity index (χ3n) is 4.84. The van der Waals surface area contributed by atoms with Gasteiger partial charge in [-0.05, 0) is 42.5 Å². The van der Waals surface area contributed by atoms with Gasteiger partial charge in [0.15, 0.2) is 0 Å². The van der Waals surface area contributed by atoms with Gasteiger partial charge in [0.1, 0.15) is 5.75 Å². The van der Waals surface area contributed by atoms with Crippen molar-refractivity contribution >= 4 is 5.69 Å². The highest BCUT2D eigenvalue weighted by atomic mass is 16.5. The highest BCUT2D eigenvalue weighted by molar-refractivity contribution is 5.49. The Morgan fingerprint density at radius 3 is 2.41 bits per heavy atom. The van der Waals surface area contributed by atoms with Crippen LogP contribution in [0.4, 0.5) is 5.69 Å². The van der Waals surface area contributed by atoms with Crippen molar-refractivity contribution < 1.29 is 9.84 Å². The first-order valence-corrected chi connectivity index (χ1v) is 8.40. The average Bonchev–Trinajstić information content (AvgIpc) is 2.86. The van der Waals surface area contributed by atoms with E-state index >= 15 is 0 Å². The highest BCUT2D eigenvalue weighted by Crippen LogP contribution is 2.32. The lowest BCUT2D eigenvalue weighted by atomic mass is 9.90. The van der Waals surface area contributed by atoms with Crippen molar-refractivity contribution in [3.05, 3.63) is 24.3 Å². The van der Waals surface area contributed by atoms with Crippen molar-refractivity contribution in [2.24, 2.45) is 5.41 Å². The van der Waals surface area contributed by atoms with E-state index in [9.17, 15) is 5.11 Å². The minimum Gasteiger partial charge on any atom is -0.508 e. The maximum atomic E-state index is 9.37. The summed E-state index contributed by atoms with van der Waals surface area (Å²) in [5, 5.41) is 9.37. The van der Waals surface area contributed by atoms with Crippen LogP contribution in [0.15, 0.2) is 24.3 Å². The molecule has 1 N–H and O–H groups in total. The van der Waals surface area contributed by atoms with E-state index in [1.165, 1.54) is 12.1 Å². The van der Waals surface area contributed by atoms with Gasteiger partial charge in [0.25, 0.3) is 0 Å². The molecule has 2 aliphatic rings. The minimum atomic E-state index is 0.335. The molecule has 1 atom stereocenters. The second-order valence-corrected chi connectivity index (χ2v) is 7.44. The van der Waals surface area contributed by atoms with Crippen molar-refractivity contribution in [3.8, 4) is 5.75 Å². The zero-order chi connectivity index (χ0) is 15.6. The fraction of sp³-hybridized carbons (Fsp3) is 0.667. The summed E-state index contributed by atoms with van der Waals surface area (Å²) in [5.74, 6) is 0.335. The normalized spacial score (nSPS) is 25.5. The molecule has 1 aromatic carbocycles. The summed E-state index contributed by atoms with van der Waals surface area (Å²) < 4.78 is 5.90. The molecule has 4 heteroatoms. The largest absolute Gasteiger partial charge is 0.508 e. The van der Waals surface area contributed by atoms with Gasteiger partial charge >= 0.3 is 0 Å². The van der Waals surface area contributed by atoms with Crippen LogP contribution in [0.1, 0.15) is 26.7 Å². The lowest BCUT2D eigenvalue weighted by Crippen LogP contribution is -2.47. The van der Waals surface area contributed by atoms with Crippen LogP contribution in [0, 0.1) is 5.41 Å². The van der Waals surface area contributed by atoms with Crippen LogP contribution in [-0.4, -0.2) is 55.4 Å². The van der Waals surface area contributed by atoms with Gasteiger partial charge in [-0.3, -0.25) is 4.90 Å². The Morgan fingerprint density at radius 2 is 1.82 bits per heavy atom. The Bertz CT molecular complexity index is 478. The maximum Gasteiger partial charge on any atom is 0.115 e. The molecule has 4 nitrogen and oxygen atoms in total. The number of piperazine rings is 1. The summed E-state index contributed by atoms with van der Waals surface area (Å²) in [4.78, 5) is 4.94. The Kier molecular flexibility index (Phi) is 4.59. The van der Waals surface area contributed by atoms with Gasteiger partial charge in [0, 0.05) is 38.4 Å². The summed E-state index contributed by atoms with van der Waals surface area (Å²) >= 11 is 0. The molecule has 0 aromatic heterocycles. The van der Waals surface area contributed by atoms with Gasteiger partial charge in [-0.25, -0.2) is 0 Å². The lowest BCUT2D eigenvalue weighted by molar-refractivity contribution is 0.0832. The molecule has 122 valence electrons. The van der Waals surface area contributed by atoms with E-state index in [0.717, 1.165) is 45.8 Å².